The van der Waals surface area contributed by atoms with Crippen LogP contribution in [0.15, 0.2) is 78.6 Å². The zero-order chi connectivity index (χ0) is 21.2. The number of carbonyl (C=O) groups is 1. The lowest BCUT2D eigenvalue weighted by Crippen LogP contribution is -2.24. The molecular formula is C24H21N3O3. The number of rotatable bonds is 8. The molecule has 0 atom stereocenters. The van der Waals surface area contributed by atoms with E-state index in [1.807, 2.05) is 42.5 Å². The molecule has 1 N–H and O–H groups in total. The first-order valence-corrected chi connectivity index (χ1v) is 9.33. The van der Waals surface area contributed by atoms with Crippen LogP contribution in [0, 0.1) is 11.3 Å². The number of nitrogens with one attached hydrogen (secondary N) is 1. The van der Waals surface area contributed by atoms with Gasteiger partial charge in [-0.1, -0.05) is 42.5 Å². The first kappa shape index (κ1) is 20.6. The van der Waals surface area contributed by atoms with Crippen molar-refractivity contribution in [3.63, 3.8) is 0 Å². The third-order valence-electron chi connectivity index (χ3n) is 4.28. The quantitative estimate of drug-likeness (QED) is 0.459. The van der Waals surface area contributed by atoms with Gasteiger partial charge in [-0.25, -0.2) is 0 Å². The summed E-state index contributed by atoms with van der Waals surface area (Å²) in [5.41, 5.74) is 2.55. The van der Waals surface area contributed by atoms with Gasteiger partial charge in [0.1, 0.15) is 18.2 Å². The Morgan fingerprint density at radius 3 is 2.60 bits per heavy atom. The zero-order valence-electron chi connectivity index (χ0n) is 16.5. The monoisotopic (exact) mass is 399 g/mol. The first-order valence-electron chi connectivity index (χ1n) is 9.33. The Bertz CT molecular complexity index is 1060. The molecule has 0 fully saturated rings. The van der Waals surface area contributed by atoms with E-state index in [2.05, 4.69) is 10.3 Å². The number of methoxy groups -OCH3 is 1. The Labute approximate surface area is 175 Å². The third kappa shape index (κ3) is 5.69. The van der Waals surface area contributed by atoms with Crippen LogP contribution in [0.2, 0.25) is 0 Å². The molecule has 30 heavy (non-hydrogen) atoms. The van der Waals surface area contributed by atoms with Gasteiger partial charge in [0.2, 0.25) is 0 Å². The maximum absolute atomic E-state index is 12.4. The molecule has 0 unspecified atom stereocenters. The van der Waals surface area contributed by atoms with Gasteiger partial charge in [-0.2, -0.15) is 5.26 Å². The summed E-state index contributed by atoms with van der Waals surface area (Å²) in [5, 5.41) is 12.1. The van der Waals surface area contributed by atoms with Crippen molar-refractivity contribution in [1.29, 1.82) is 5.26 Å². The third-order valence-corrected chi connectivity index (χ3v) is 4.28. The lowest BCUT2D eigenvalue weighted by atomic mass is 10.1. The second kappa shape index (κ2) is 10.4. The summed E-state index contributed by atoms with van der Waals surface area (Å²) in [7, 11) is 1.55. The number of nitrogens with zero attached hydrogens (tertiary/aromatic N) is 2. The molecular weight excluding hydrogens is 378 g/mol. The minimum atomic E-state index is -0.454. The molecule has 0 saturated carbocycles. The van der Waals surface area contributed by atoms with E-state index < -0.39 is 5.91 Å². The predicted molar refractivity (Wildman–Crippen MR) is 113 cm³/mol. The van der Waals surface area contributed by atoms with Crippen LogP contribution in [-0.4, -0.2) is 18.0 Å². The second-order valence-electron chi connectivity index (χ2n) is 6.40. The molecule has 0 aliphatic carbocycles. The largest absolute Gasteiger partial charge is 0.493 e. The summed E-state index contributed by atoms with van der Waals surface area (Å²) in [6, 6.07) is 20.7. The minimum Gasteiger partial charge on any atom is -0.493 e. The van der Waals surface area contributed by atoms with Crippen molar-refractivity contribution in [2.45, 2.75) is 13.2 Å². The Morgan fingerprint density at radius 2 is 1.90 bits per heavy atom. The highest BCUT2D eigenvalue weighted by Gasteiger charge is 2.11. The molecule has 0 radical (unpaired) electrons. The Kier molecular flexibility index (Phi) is 7.17. The molecule has 150 valence electrons. The van der Waals surface area contributed by atoms with E-state index in [1.54, 1.807) is 43.8 Å². The fourth-order valence-electron chi connectivity index (χ4n) is 2.72. The molecule has 0 spiro atoms. The SMILES string of the molecule is COc1cc(/C=C(/C#N)C(=O)NCc2cccnc2)ccc1OCc1ccccc1. The number of hydrogen-bond donors (Lipinski definition) is 1. The van der Waals surface area contributed by atoms with Crippen LogP contribution in [0.4, 0.5) is 0 Å². The number of aromatic nitrogens is 1. The fraction of sp³-hybridized carbons (Fsp3) is 0.125. The summed E-state index contributed by atoms with van der Waals surface area (Å²) in [6.45, 7) is 0.702. The average Bonchev–Trinajstić information content (AvgIpc) is 2.81. The first-order chi connectivity index (χ1) is 14.7. The molecule has 6 heteroatoms. The number of nitriles is 1. The van der Waals surface area contributed by atoms with E-state index in [1.165, 1.54) is 6.08 Å². The molecule has 0 aliphatic rings. The fourth-order valence-corrected chi connectivity index (χ4v) is 2.72. The second-order valence-corrected chi connectivity index (χ2v) is 6.40. The van der Waals surface area contributed by atoms with Crippen LogP contribution >= 0.6 is 0 Å². The summed E-state index contributed by atoms with van der Waals surface area (Å²) in [6.07, 6.45) is 4.84. The molecule has 0 saturated heterocycles. The lowest BCUT2D eigenvalue weighted by molar-refractivity contribution is -0.117. The van der Waals surface area contributed by atoms with Crippen LogP contribution in [0.5, 0.6) is 11.5 Å². The number of carbonyl (C=O) groups excluding carboxylic acids is 1. The van der Waals surface area contributed by atoms with Gasteiger partial charge < -0.3 is 14.8 Å². The van der Waals surface area contributed by atoms with Crippen molar-refractivity contribution >= 4 is 12.0 Å². The Morgan fingerprint density at radius 1 is 1.10 bits per heavy atom. The Balaban J connectivity index is 1.69. The van der Waals surface area contributed by atoms with Crippen molar-refractivity contribution in [3.8, 4) is 17.6 Å². The van der Waals surface area contributed by atoms with Crippen molar-refractivity contribution < 1.29 is 14.3 Å². The van der Waals surface area contributed by atoms with Gasteiger partial charge in [0, 0.05) is 18.9 Å². The number of benzene rings is 2. The molecule has 1 aromatic heterocycles. The van der Waals surface area contributed by atoms with Crippen molar-refractivity contribution in [2.75, 3.05) is 7.11 Å². The zero-order valence-corrected chi connectivity index (χ0v) is 16.5. The van der Waals surface area contributed by atoms with Gasteiger partial charge in [0.25, 0.3) is 5.91 Å². The standard InChI is InChI=1S/C24H21N3O3/c1-29-23-13-19(9-10-22(23)30-17-18-6-3-2-4-7-18)12-21(14-25)24(28)27-16-20-8-5-11-26-15-20/h2-13,15H,16-17H2,1H3,(H,27,28)/b21-12-. The normalized spacial score (nSPS) is 10.7. The van der Waals surface area contributed by atoms with Crippen LogP contribution in [0.1, 0.15) is 16.7 Å². The number of hydrogen-bond acceptors (Lipinski definition) is 5. The Hall–Kier alpha value is -4.11. The van der Waals surface area contributed by atoms with E-state index >= 15 is 0 Å². The highest BCUT2D eigenvalue weighted by molar-refractivity contribution is 6.01. The highest BCUT2D eigenvalue weighted by atomic mass is 16.5. The minimum absolute atomic E-state index is 0.00102. The smallest absolute Gasteiger partial charge is 0.262 e. The predicted octanol–water partition coefficient (Wildman–Crippen LogP) is 3.89. The van der Waals surface area contributed by atoms with Crippen LogP contribution in [0.3, 0.4) is 0 Å². The van der Waals surface area contributed by atoms with Gasteiger partial charge in [0.15, 0.2) is 11.5 Å². The number of pyridine rings is 1. The van der Waals surface area contributed by atoms with E-state index in [9.17, 15) is 10.1 Å². The molecule has 3 aromatic rings. The van der Waals surface area contributed by atoms with Gasteiger partial charge in [-0.3, -0.25) is 9.78 Å². The highest BCUT2D eigenvalue weighted by Crippen LogP contribution is 2.29. The number of ether oxygens (including phenoxy) is 2. The lowest BCUT2D eigenvalue weighted by Gasteiger charge is -2.11. The summed E-state index contributed by atoms with van der Waals surface area (Å²) in [5.74, 6) is 0.649. The van der Waals surface area contributed by atoms with Crippen molar-refractivity contribution in [1.82, 2.24) is 10.3 Å². The van der Waals surface area contributed by atoms with Gasteiger partial charge in [-0.05, 0) is 41.0 Å². The van der Waals surface area contributed by atoms with Gasteiger partial charge in [-0.15, -0.1) is 0 Å². The molecule has 3 rings (SSSR count). The van der Waals surface area contributed by atoms with E-state index in [0.29, 0.717) is 30.2 Å². The van der Waals surface area contributed by atoms with E-state index in [4.69, 9.17) is 9.47 Å². The number of amides is 1. The van der Waals surface area contributed by atoms with Crippen LogP contribution in [0.25, 0.3) is 6.08 Å². The van der Waals surface area contributed by atoms with Gasteiger partial charge >= 0.3 is 0 Å². The maximum atomic E-state index is 12.4. The topological polar surface area (TPSA) is 84.2 Å². The summed E-state index contributed by atoms with van der Waals surface area (Å²) < 4.78 is 11.3. The van der Waals surface area contributed by atoms with Crippen molar-refractivity contribution in [2.24, 2.45) is 0 Å². The molecule has 1 heterocycles. The van der Waals surface area contributed by atoms with Gasteiger partial charge in [0.05, 0.1) is 7.11 Å². The van der Waals surface area contributed by atoms with E-state index in [0.717, 1.165) is 11.1 Å². The summed E-state index contributed by atoms with van der Waals surface area (Å²) >= 11 is 0. The van der Waals surface area contributed by atoms with Crippen LogP contribution in [-0.2, 0) is 17.9 Å². The van der Waals surface area contributed by atoms with E-state index in [-0.39, 0.29) is 5.57 Å². The van der Waals surface area contributed by atoms with Crippen LogP contribution < -0.4 is 14.8 Å². The summed E-state index contributed by atoms with van der Waals surface area (Å²) in [4.78, 5) is 16.4. The molecule has 6 nitrogen and oxygen atoms in total. The van der Waals surface area contributed by atoms with Crippen molar-refractivity contribution in [3.05, 3.63) is 95.3 Å². The molecule has 0 aliphatic heterocycles. The molecule has 1 amide bonds. The molecule has 2 aromatic carbocycles. The maximum Gasteiger partial charge on any atom is 0.262 e. The molecule has 0 bridgehead atoms. The average molecular weight is 399 g/mol.